The molecule has 4 rings (SSSR count). The van der Waals surface area contributed by atoms with Crippen LogP contribution < -0.4 is 10.1 Å². The summed E-state index contributed by atoms with van der Waals surface area (Å²) in [5, 5.41) is 4.91. The lowest BCUT2D eigenvalue weighted by Crippen LogP contribution is -2.24. The first kappa shape index (κ1) is 18.1. The SMILES string of the molecule is CCCCNC(=O)c1ccnc2[nH]c(-c3cc4cc(OC)ccc4n3C)cc12. The Morgan fingerprint density at radius 3 is 2.89 bits per heavy atom. The average Bonchev–Trinajstić information content (AvgIpc) is 3.28. The van der Waals surface area contributed by atoms with Crippen molar-refractivity contribution >= 4 is 27.8 Å². The molecule has 0 fully saturated rings. The highest BCUT2D eigenvalue weighted by Crippen LogP contribution is 2.31. The average molecular weight is 376 g/mol. The molecule has 0 radical (unpaired) electrons. The Kier molecular flexibility index (Phi) is 4.77. The zero-order chi connectivity index (χ0) is 19.7. The maximum absolute atomic E-state index is 12.6. The molecule has 6 nitrogen and oxygen atoms in total. The van der Waals surface area contributed by atoms with Crippen LogP contribution in [0.1, 0.15) is 30.1 Å². The highest BCUT2D eigenvalue weighted by atomic mass is 16.5. The second-order valence-electron chi connectivity index (χ2n) is 6.93. The number of methoxy groups -OCH3 is 1. The molecule has 0 aliphatic heterocycles. The fraction of sp³-hybridized carbons (Fsp3) is 0.273. The Morgan fingerprint density at radius 2 is 2.11 bits per heavy atom. The number of rotatable bonds is 6. The van der Waals surface area contributed by atoms with E-state index in [0.29, 0.717) is 17.8 Å². The summed E-state index contributed by atoms with van der Waals surface area (Å²) in [5.74, 6) is 0.766. The molecule has 0 atom stereocenters. The lowest BCUT2D eigenvalue weighted by Gasteiger charge is -2.04. The van der Waals surface area contributed by atoms with Gasteiger partial charge in [0.05, 0.1) is 24.1 Å². The number of benzene rings is 1. The van der Waals surface area contributed by atoms with Gasteiger partial charge in [-0.15, -0.1) is 0 Å². The van der Waals surface area contributed by atoms with Gasteiger partial charge in [-0.2, -0.15) is 0 Å². The van der Waals surface area contributed by atoms with E-state index in [0.717, 1.165) is 46.3 Å². The molecule has 0 saturated carbocycles. The predicted molar refractivity (Wildman–Crippen MR) is 112 cm³/mol. The molecule has 0 saturated heterocycles. The summed E-state index contributed by atoms with van der Waals surface area (Å²) >= 11 is 0. The smallest absolute Gasteiger partial charge is 0.252 e. The number of H-pyrrole nitrogens is 1. The number of fused-ring (bicyclic) bond motifs is 2. The first-order chi connectivity index (χ1) is 13.6. The van der Waals surface area contributed by atoms with Gasteiger partial charge in [0.1, 0.15) is 11.4 Å². The maximum atomic E-state index is 12.6. The summed E-state index contributed by atoms with van der Waals surface area (Å²) in [6.07, 6.45) is 3.69. The minimum absolute atomic E-state index is 0.0619. The van der Waals surface area contributed by atoms with Crippen LogP contribution in [0.25, 0.3) is 33.3 Å². The van der Waals surface area contributed by atoms with Gasteiger partial charge in [0, 0.05) is 36.1 Å². The number of unbranched alkanes of at least 4 members (excludes halogenated alkanes) is 1. The lowest BCUT2D eigenvalue weighted by molar-refractivity contribution is 0.0954. The maximum Gasteiger partial charge on any atom is 0.252 e. The molecule has 2 N–H and O–H groups in total. The van der Waals surface area contributed by atoms with Crippen molar-refractivity contribution in [1.82, 2.24) is 19.9 Å². The lowest BCUT2D eigenvalue weighted by atomic mass is 10.1. The number of aryl methyl sites for hydroxylation is 1. The predicted octanol–water partition coefficient (Wildman–Crippen LogP) is 4.26. The van der Waals surface area contributed by atoms with Crippen molar-refractivity contribution in [2.45, 2.75) is 19.8 Å². The van der Waals surface area contributed by atoms with Crippen LogP contribution in [-0.4, -0.2) is 34.1 Å². The van der Waals surface area contributed by atoms with Gasteiger partial charge in [0.15, 0.2) is 0 Å². The second-order valence-corrected chi connectivity index (χ2v) is 6.93. The van der Waals surface area contributed by atoms with Crippen LogP contribution in [0.4, 0.5) is 0 Å². The first-order valence-corrected chi connectivity index (χ1v) is 9.52. The van der Waals surface area contributed by atoms with Gasteiger partial charge in [0.25, 0.3) is 5.91 Å². The van der Waals surface area contributed by atoms with E-state index in [2.05, 4.69) is 32.8 Å². The Hall–Kier alpha value is -3.28. The van der Waals surface area contributed by atoms with Crippen LogP contribution in [0.3, 0.4) is 0 Å². The Bertz CT molecular complexity index is 1160. The number of amides is 1. The van der Waals surface area contributed by atoms with Crippen LogP contribution >= 0.6 is 0 Å². The molecule has 144 valence electrons. The van der Waals surface area contributed by atoms with Gasteiger partial charge in [-0.05, 0) is 42.8 Å². The van der Waals surface area contributed by atoms with E-state index in [1.165, 1.54) is 0 Å². The van der Waals surface area contributed by atoms with Gasteiger partial charge in [-0.1, -0.05) is 13.3 Å². The van der Waals surface area contributed by atoms with Crippen LogP contribution in [-0.2, 0) is 7.05 Å². The molecule has 6 heteroatoms. The molecule has 1 amide bonds. The summed E-state index contributed by atoms with van der Waals surface area (Å²) in [6.45, 7) is 2.79. The molecule has 1 aromatic carbocycles. The highest BCUT2D eigenvalue weighted by Gasteiger charge is 2.16. The van der Waals surface area contributed by atoms with Gasteiger partial charge >= 0.3 is 0 Å². The zero-order valence-corrected chi connectivity index (χ0v) is 16.4. The highest BCUT2D eigenvalue weighted by molar-refractivity contribution is 6.06. The van der Waals surface area contributed by atoms with Gasteiger partial charge in [0.2, 0.25) is 0 Å². The molecule has 0 unspecified atom stereocenters. The van der Waals surface area contributed by atoms with Crippen molar-refractivity contribution in [2.24, 2.45) is 7.05 Å². The minimum Gasteiger partial charge on any atom is -0.497 e. The molecule has 4 aromatic rings. The molecule has 0 aliphatic rings. The third-order valence-corrected chi connectivity index (χ3v) is 5.12. The van der Waals surface area contributed by atoms with Crippen LogP contribution in [0.15, 0.2) is 42.6 Å². The molecular formula is C22H24N4O2. The monoisotopic (exact) mass is 376 g/mol. The largest absolute Gasteiger partial charge is 0.497 e. The first-order valence-electron chi connectivity index (χ1n) is 9.52. The van der Waals surface area contributed by atoms with Crippen molar-refractivity contribution in [3.63, 3.8) is 0 Å². The Labute approximate surface area is 163 Å². The van der Waals surface area contributed by atoms with Crippen LogP contribution in [0.2, 0.25) is 0 Å². The number of aromatic amines is 1. The van der Waals surface area contributed by atoms with Gasteiger partial charge in [-0.3, -0.25) is 4.79 Å². The number of nitrogens with zero attached hydrogens (tertiary/aromatic N) is 2. The van der Waals surface area contributed by atoms with Crippen molar-refractivity contribution in [3.05, 3.63) is 48.2 Å². The number of carbonyl (C=O) groups excluding carboxylic acids is 1. The van der Waals surface area contributed by atoms with Crippen molar-refractivity contribution in [3.8, 4) is 17.1 Å². The summed E-state index contributed by atoms with van der Waals surface area (Å²) in [7, 11) is 3.70. The van der Waals surface area contributed by atoms with E-state index in [-0.39, 0.29) is 5.91 Å². The van der Waals surface area contributed by atoms with Crippen molar-refractivity contribution in [1.29, 1.82) is 0 Å². The summed E-state index contributed by atoms with van der Waals surface area (Å²) in [6, 6.07) is 11.9. The summed E-state index contributed by atoms with van der Waals surface area (Å²) < 4.78 is 7.46. The fourth-order valence-electron chi connectivity index (χ4n) is 3.55. The zero-order valence-electron chi connectivity index (χ0n) is 16.4. The second kappa shape index (κ2) is 7.38. The van der Waals surface area contributed by atoms with Gasteiger partial charge in [-0.25, -0.2) is 4.98 Å². The number of aromatic nitrogens is 3. The Balaban J connectivity index is 1.76. The van der Waals surface area contributed by atoms with Crippen LogP contribution in [0, 0.1) is 0 Å². The molecule has 28 heavy (non-hydrogen) atoms. The molecule has 0 bridgehead atoms. The van der Waals surface area contributed by atoms with E-state index in [1.807, 2.05) is 31.3 Å². The summed E-state index contributed by atoms with van der Waals surface area (Å²) in [4.78, 5) is 20.4. The molecule has 3 aromatic heterocycles. The summed E-state index contributed by atoms with van der Waals surface area (Å²) in [5.41, 5.74) is 4.41. The van der Waals surface area contributed by atoms with E-state index in [4.69, 9.17) is 4.74 Å². The van der Waals surface area contributed by atoms with E-state index in [1.54, 1.807) is 19.4 Å². The molecular weight excluding hydrogens is 352 g/mol. The van der Waals surface area contributed by atoms with Gasteiger partial charge < -0.3 is 19.6 Å². The van der Waals surface area contributed by atoms with E-state index < -0.39 is 0 Å². The number of ether oxygens (including phenoxy) is 1. The fourth-order valence-corrected chi connectivity index (χ4v) is 3.55. The minimum atomic E-state index is -0.0619. The van der Waals surface area contributed by atoms with E-state index in [9.17, 15) is 4.79 Å². The number of nitrogens with one attached hydrogen (secondary N) is 2. The molecule has 0 aliphatic carbocycles. The molecule has 0 spiro atoms. The third-order valence-electron chi connectivity index (χ3n) is 5.12. The third kappa shape index (κ3) is 3.11. The normalized spacial score (nSPS) is 11.2. The number of carbonyl (C=O) groups is 1. The number of pyridine rings is 1. The van der Waals surface area contributed by atoms with E-state index >= 15 is 0 Å². The Morgan fingerprint density at radius 1 is 1.25 bits per heavy atom. The van der Waals surface area contributed by atoms with Crippen LogP contribution in [0.5, 0.6) is 5.75 Å². The topological polar surface area (TPSA) is 71.9 Å². The van der Waals surface area contributed by atoms with Crippen molar-refractivity contribution < 1.29 is 9.53 Å². The standard InChI is InChI=1S/C22H24N4O2/c1-4-5-9-24-22(27)16-8-10-23-21-17(16)13-18(25-21)20-12-14-11-15(28-3)6-7-19(14)26(20)2/h6-8,10-13H,4-5,9H2,1-3H3,(H,23,25)(H,24,27). The van der Waals surface area contributed by atoms with Crippen molar-refractivity contribution in [2.75, 3.05) is 13.7 Å². The number of hydrogen-bond acceptors (Lipinski definition) is 3. The quantitative estimate of drug-likeness (QED) is 0.494. The number of hydrogen-bond donors (Lipinski definition) is 2. The molecule has 3 heterocycles.